The first-order chi connectivity index (χ1) is 8.90. The first-order valence-corrected chi connectivity index (χ1v) is 7.07. The number of nitrogens with zero attached hydrogens (tertiary/aromatic N) is 2. The molecule has 0 aromatic carbocycles. The molecule has 0 saturated carbocycles. The summed E-state index contributed by atoms with van der Waals surface area (Å²) in [5.41, 5.74) is 0. The van der Waals surface area contributed by atoms with Crippen LogP contribution >= 0.6 is 0 Å². The van der Waals surface area contributed by atoms with Gasteiger partial charge in [-0.2, -0.15) is 0 Å². The van der Waals surface area contributed by atoms with Crippen molar-refractivity contribution in [3.8, 4) is 0 Å². The second-order valence-electron chi connectivity index (χ2n) is 3.95. The van der Waals surface area contributed by atoms with Crippen LogP contribution in [0.5, 0.6) is 0 Å². The Kier molecular flexibility index (Phi) is 3.43. The van der Waals surface area contributed by atoms with Crippen molar-refractivity contribution < 1.29 is 22.7 Å². The van der Waals surface area contributed by atoms with Gasteiger partial charge in [0.2, 0.25) is 20.7 Å². The van der Waals surface area contributed by atoms with E-state index in [2.05, 4.69) is 4.98 Å². The Hall–Kier alpha value is -2.09. The Balaban J connectivity index is 2.14. The second-order valence-corrected chi connectivity index (χ2v) is 5.99. The number of sulfone groups is 1. The van der Waals surface area contributed by atoms with Crippen molar-refractivity contribution in [1.82, 2.24) is 9.55 Å². The van der Waals surface area contributed by atoms with Crippen LogP contribution in [0.25, 0.3) is 0 Å². The van der Waals surface area contributed by atoms with E-state index in [1.165, 1.54) is 0 Å². The van der Waals surface area contributed by atoms with Crippen molar-refractivity contribution in [2.45, 2.75) is 11.5 Å². The van der Waals surface area contributed by atoms with Crippen LogP contribution in [0.3, 0.4) is 0 Å². The molecule has 2 heterocycles. The van der Waals surface area contributed by atoms with Crippen LogP contribution in [0, 0.1) is 0 Å². The molecule has 0 bridgehead atoms. The molecule has 0 amide bonds. The number of hydrogen-bond donors (Lipinski definition) is 1. The van der Waals surface area contributed by atoms with E-state index in [0.29, 0.717) is 5.82 Å². The third-order valence-electron chi connectivity index (χ3n) is 2.61. The van der Waals surface area contributed by atoms with E-state index in [9.17, 15) is 13.2 Å². The van der Waals surface area contributed by atoms with Gasteiger partial charge in [0, 0.05) is 25.9 Å². The van der Waals surface area contributed by atoms with Crippen LogP contribution in [-0.2, 0) is 23.3 Å². The Labute approximate surface area is 109 Å². The third kappa shape index (κ3) is 2.84. The van der Waals surface area contributed by atoms with Gasteiger partial charge in [-0.1, -0.05) is 0 Å². The average Bonchev–Trinajstić information content (AvgIpc) is 2.95. The molecule has 8 heteroatoms. The standard InChI is InChI=1S/C11H12N2O5S/c1-13-6-5-12-9(13)4-7-19(16,17)10-3-2-8(18-10)11(14)15/h2-3,5-6H,4,7H2,1H3,(H,14,15). The average molecular weight is 284 g/mol. The van der Waals surface area contributed by atoms with Gasteiger partial charge in [-0.25, -0.2) is 18.2 Å². The molecular formula is C11H12N2O5S. The number of carboxylic acids is 1. The maximum Gasteiger partial charge on any atom is 0.371 e. The summed E-state index contributed by atoms with van der Waals surface area (Å²) in [5.74, 6) is -1.25. The monoisotopic (exact) mass is 284 g/mol. The van der Waals surface area contributed by atoms with Gasteiger partial charge >= 0.3 is 5.97 Å². The molecule has 0 unspecified atom stereocenters. The Morgan fingerprint density at radius 3 is 2.74 bits per heavy atom. The molecule has 0 atom stereocenters. The highest BCUT2D eigenvalue weighted by Gasteiger charge is 2.21. The smallest absolute Gasteiger partial charge is 0.371 e. The first kappa shape index (κ1) is 13.3. The molecule has 0 aliphatic carbocycles. The fraction of sp³-hybridized carbons (Fsp3) is 0.273. The predicted molar refractivity (Wildman–Crippen MR) is 64.6 cm³/mol. The third-order valence-corrected chi connectivity index (χ3v) is 4.19. The summed E-state index contributed by atoms with van der Waals surface area (Å²) in [6, 6.07) is 2.27. The van der Waals surface area contributed by atoms with E-state index in [-0.39, 0.29) is 17.3 Å². The lowest BCUT2D eigenvalue weighted by Crippen LogP contribution is -2.11. The SMILES string of the molecule is Cn1ccnc1CCS(=O)(=O)c1ccc(C(=O)O)o1. The minimum absolute atomic E-state index is 0.190. The first-order valence-electron chi connectivity index (χ1n) is 5.42. The number of aromatic nitrogens is 2. The van der Waals surface area contributed by atoms with E-state index in [0.717, 1.165) is 12.1 Å². The van der Waals surface area contributed by atoms with Crippen molar-refractivity contribution in [2.24, 2.45) is 7.05 Å². The number of rotatable bonds is 5. The van der Waals surface area contributed by atoms with Crippen LogP contribution in [0.15, 0.2) is 34.0 Å². The van der Waals surface area contributed by atoms with Crippen molar-refractivity contribution in [3.63, 3.8) is 0 Å². The van der Waals surface area contributed by atoms with E-state index < -0.39 is 21.6 Å². The van der Waals surface area contributed by atoms with Crippen LogP contribution in [-0.4, -0.2) is 34.8 Å². The molecule has 0 aliphatic heterocycles. The number of aromatic carboxylic acids is 1. The van der Waals surface area contributed by atoms with Crippen molar-refractivity contribution in [3.05, 3.63) is 36.1 Å². The molecule has 102 valence electrons. The zero-order valence-electron chi connectivity index (χ0n) is 10.1. The summed E-state index contributed by atoms with van der Waals surface area (Å²) in [7, 11) is -1.88. The Morgan fingerprint density at radius 2 is 2.21 bits per heavy atom. The number of hydrogen-bond acceptors (Lipinski definition) is 5. The van der Waals surface area contributed by atoms with Crippen molar-refractivity contribution in [2.75, 3.05) is 5.75 Å². The molecule has 7 nitrogen and oxygen atoms in total. The molecule has 0 fully saturated rings. The quantitative estimate of drug-likeness (QED) is 0.868. The van der Waals surface area contributed by atoms with Gasteiger partial charge in [-0.15, -0.1) is 0 Å². The minimum Gasteiger partial charge on any atom is -0.475 e. The number of carbonyl (C=O) groups is 1. The highest BCUT2D eigenvalue weighted by atomic mass is 32.2. The van der Waals surface area contributed by atoms with Crippen LogP contribution in [0.4, 0.5) is 0 Å². The zero-order chi connectivity index (χ0) is 14.0. The predicted octanol–water partition coefficient (Wildman–Crippen LogP) is 0.728. The summed E-state index contributed by atoms with van der Waals surface area (Å²) < 4.78 is 30.4. The second kappa shape index (κ2) is 4.88. The Morgan fingerprint density at radius 1 is 1.47 bits per heavy atom. The molecule has 0 aliphatic rings. The topological polar surface area (TPSA) is 102 Å². The van der Waals surface area contributed by atoms with Crippen molar-refractivity contribution in [1.29, 1.82) is 0 Å². The van der Waals surface area contributed by atoms with Gasteiger partial charge < -0.3 is 14.1 Å². The van der Waals surface area contributed by atoms with E-state index in [1.54, 1.807) is 24.0 Å². The van der Waals surface area contributed by atoms with Crippen LogP contribution in [0.2, 0.25) is 0 Å². The largest absolute Gasteiger partial charge is 0.475 e. The number of furan rings is 1. The molecule has 0 spiro atoms. The molecule has 0 saturated heterocycles. The minimum atomic E-state index is -3.65. The normalized spacial score (nSPS) is 11.6. The van der Waals surface area contributed by atoms with Crippen LogP contribution in [0.1, 0.15) is 16.4 Å². The summed E-state index contributed by atoms with van der Waals surface area (Å²) in [6.45, 7) is 0. The summed E-state index contributed by atoms with van der Waals surface area (Å²) in [6.07, 6.45) is 3.53. The highest BCUT2D eigenvalue weighted by molar-refractivity contribution is 7.91. The van der Waals surface area contributed by atoms with Gasteiger partial charge in [0.05, 0.1) is 5.75 Å². The lowest BCUT2D eigenvalue weighted by atomic mass is 10.4. The molecule has 1 N–H and O–H groups in total. The van der Waals surface area contributed by atoms with Gasteiger partial charge in [-0.3, -0.25) is 0 Å². The van der Waals surface area contributed by atoms with Gasteiger partial charge in [0.25, 0.3) is 0 Å². The zero-order valence-corrected chi connectivity index (χ0v) is 10.9. The molecule has 19 heavy (non-hydrogen) atoms. The number of imidazole rings is 1. The molecule has 2 aromatic rings. The maximum atomic E-state index is 12.0. The fourth-order valence-corrected chi connectivity index (χ4v) is 2.71. The summed E-state index contributed by atoms with van der Waals surface area (Å²) >= 11 is 0. The number of carboxylic acid groups (broad SMARTS) is 1. The van der Waals surface area contributed by atoms with Crippen LogP contribution < -0.4 is 0 Å². The molecule has 2 rings (SSSR count). The van der Waals surface area contributed by atoms with Gasteiger partial charge in [0.1, 0.15) is 5.82 Å². The summed E-state index contributed by atoms with van der Waals surface area (Å²) in [5, 5.41) is 8.34. The molecule has 2 aromatic heterocycles. The van der Waals surface area contributed by atoms with Gasteiger partial charge in [0.15, 0.2) is 0 Å². The highest BCUT2D eigenvalue weighted by Crippen LogP contribution is 2.16. The fourth-order valence-electron chi connectivity index (χ4n) is 1.57. The van der Waals surface area contributed by atoms with E-state index in [1.807, 2.05) is 0 Å². The Bertz CT molecular complexity index is 698. The summed E-state index contributed by atoms with van der Waals surface area (Å²) in [4.78, 5) is 14.6. The molecule has 0 radical (unpaired) electrons. The molecular weight excluding hydrogens is 272 g/mol. The lowest BCUT2D eigenvalue weighted by Gasteiger charge is -2.02. The lowest BCUT2D eigenvalue weighted by molar-refractivity contribution is 0.0656. The van der Waals surface area contributed by atoms with E-state index >= 15 is 0 Å². The van der Waals surface area contributed by atoms with Crippen molar-refractivity contribution >= 4 is 15.8 Å². The van der Waals surface area contributed by atoms with E-state index in [4.69, 9.17) is 9.52 Å². The number of aryl methyl sites for hydroxylation is 2. The maximum absolute atomic E-state index is 12.0. The van der Waals surface area contributed by atoms with Gasteiger partial charge in [-0.05, 0) is 12.1 Å².